The van der Waals surface area contributed by atoms with Crippen LogP contribution in [0.4, 0.5) is 17.1 Å². The summed E-state index contributed by atoms with van der Waals surface area (Å²) < 4.78 is 9.47. The molecular weight excluding hydrogens is 801 g/mol. The van der Waals surface area contributed by atoms with Crippen molar-refractivity contribution in [3.63, 3.8) is 0 Å². The number of rotatable bonds is 7. The molecule has 66 heavy (non-hydrogen) atoms. The Balaban J connectivity index is 1.10. The number of para-hydroxylation sites is 5. The predicted octanol–water partition coefficient (Wildman–Crippen LogP) is 17.5. The second-order valence-corrected chi connectivity index (χ2v) is 18.0. The lowest BCUT2D eigenvalue weighted by Gasteiger charge is -2.32. The van der Waals surface area contributed by atoms with Crippen molar-refractivity contribution in [1.29, 1.82) is 0 Å². The molecule has 0 N–H and O–H groups in total. The lowest BCUT2D eigenvalue weighted by Crippen LogP contribution is -2.15. The van der Waals surface area contributed by atoms with E-state index in [1.54, 1.807) is 0 Å². The minimum absolute atomic E-state index is 0.142. The Kier molecular flexibility index (Phi) is 8.56. The van der Waals surface area contributed by atoms with E-state index in [9.17, 15) is 0 Å². The highest BCUT2D eigenvalue weighted by molar-refractivity contribution is 6.14. The first-order valence-corrected chi connectivity index (χ1v) is 22.8. The van der Waals surface area contributed by atoms with Gasteiger partial charge >= 0.3 is 0 Å². The summed E-state index contributed by atoms with van der Waals surface area (Å²) in [5.41, 5.74) is 20.2. The zero-order valence-corrected chi connectivity index (χ0v) is 36.7. The number of fused-ring (bicyclic) bond motifs is 9. The molecule has 312 valence electrons. The molecule has 10 aromatic carbocycles. The van der Waals surface area contributed by atoms with Crippen LogP contribution in [0.1, 0.15) is 25.0 Å². The molecule has 2 heterocycles. The first-order valence-electron chi connectivity index (χ1n) is 22.8. The molecule has 1 aliphatic rings. The number of benzene rings is 10. The van der Waals surface area contributed by atoms with E-state index in [1.165, 1.54) is 49.6 Å². The van der Waals surface area contributed by atoms with Crippen LogP contribution in [-0.2, 0) is 5.41 Å². The highest BCUT2D eigenvalue weighted by Gasteiger charge is 2.36. The molecule has 0 unspecified atom stereocenters. The van der Waals surface area contributed by atoms with E-state index in [1.807, 2.05) is 0 Å². The van der Waals surface area contributed by atoms with Gasteiger partial charge in [-0.15, -0.1) is 0 Å². The van der Waals surface area contributed by atoms with E-state index >= 15 is 0 Å². The summed E-state index contributed by atoms with van der Waals surface area (Å²) in [5, 5.41) is 4.64. The summed E-state index contributed by atoms with van der Waals surface area (Å²) in [6.45, 7) is 4.72. The number of aromatic nitrogens is 1. The van der Waals surface area contributed by atoms with Gasteiger partial charge in [-0.1, -0.05) is 184 Å². The van der Waals surface area contributed by atoms with Crippen molar-refractivity contribution in [1.82, 2.24) is 4.57 Å². The van der Waals surface area contributed by atoms with Crippen LogP contribution in [0.25, 0.3) is 93.9 Å². The quantitative estimate of drug-likeness (QED) is 0.159. The van der Waals surface area contributed by atoms with Gasteiger partial charge < -0.3 is 13.9 Å². The molecule has 0 bridgehead atoms. The third-order valence-corrected chi connectivity index (χ3v) is 14.0. The van der Waals surface area contributed by atoms with E-state index in [-0.39, 0.29) is 5.41 Å². The van der Waals surface area contributed by atoms with Gasteiger partial charge in [0.25, 0.3) is 0 Å². The van der Waals surface area contributed by atoms with Crippen molar-refractivity contribution in [3.05, 3.63) is 242 Å². The third-order valence-electron chi connectivity index (χ3n) is 14.0. The monoisotopic (exact) mass is 844 g/mol. The van der Waals surface area contributed by atoms with Crippen LogP contribution in [0.3, 0.4) is 0 Å². The Morgan fingerprint density at radius 3 is 1.70 bits per heavy atom. The molecule has 3 nitrogen and oxygen atoms in total. The van der Waals surface area contributed by atoms with Crippen LogP contribution in [0.5, 0.6) is 0 Å². The van der Waals surface area contributed by atoms with Gasteiger partial charge in [-0.3, -0.25) is 0 Å². The van der Waals surface area contributed by atoms with E-state index in [2.05, 4.69) is 254 Å². The highest BCUT2D eigenvalue weighted by Crippen LogP contribution is 2.53. The fourth-order valence-corrected chi connectivity index (χ4v) is 10.9. The molecule has 0 aliphatic heterocycles. The SMILES string of the molecule is CC1(C)c2ccccc2-c2ccc(-c3ccccc3N(c3ccccc3-c3ccccc3)c3ccc4c(oc5ccccc54)c3-c3cccc(-n4c5ccccc5c5ccccc54)c3)cc21. The van der Waals surface area contributed by atoms with Gasteiger partial charge in [0.05, 0.1) is 28.1 Å². The molecule has 0 saturated carbocycles. The molecule has 0 fully saturated rings. The summed E-state index contributed by atoms with van der Waals surface area (Å²) in [5.74, 6) is 0. The van der Waals surface area contributed by atoms with E-state index < -0.39 is 0 Å². The van der Waals surface area contributed by atoms with Gasteiger partial charge in [-0.25, -0.2) is 0 Å². The number of hydrogen-bond donors (Lipinski definition) is 0. The van der Waals surface area contributed by atoms with Crippen molar-refractivity contribution in [2.75, 3.05) is 4.90 Å². The van der Waals surface area contributed by atoms with Crippen LogP contribution in [0.15, 0.2) is 235 Å². The third kappa shape index (κ3) is 5.76. The molecule has 13 rings (SSSR count). The second kappa shape index (κ2) is 14.8. The first kappa shape index (κ1) is 38.1. The van der Waals surface area contributed by atoms with Crippen LogP contribution < -0.4 is 4.90 Å². The Morgan fingerprint density at radius 1 is 0.379 bits per heavy atom. The maximum atomic E-state index is 7.07. The van der Waals surface area contributed by atoms with Crippen LogP contribution >= 0.6 is 0 Å². The standard InChI is InChI=1S/C63H44N2O/c1-63(2)53-29-12-6-25-47(53)48-36-35-42(40-54(48)63)46-24-8-14-31-56(46)65(55-30-13-7-23-45(55)41-19-4-3-5-20-41)59-38-37-52-51-28-11-17-34-60(51)66-62(52)61(59)43-21-18-22-44(39-43)64-57-32-15-9-26-49(57)50-27-10-16-33-58(50)64/h3-40H,1-2H3. The fourth-order valence-electron chi connectivity index (χ4n) is 10.9. The number of furan rings is 1. The summed E-state index contributed by atoms with van der Waals surface area (Å²) in [6, 6.07) is 83.9. The minimum atomic E-state index is -0.142. The summed E-state index contributed by atoms with van der Waals surface area (Å²) in [4.78, 5) is 2.49. The number of anilines is 3. The lowest BCUT2D eigenvalue weighted by molar-refractivity contribution is 0.660. The first-order chi connectivity index (χ1) is 32.5. The highest BCUT2D eigenvalue weighted by atomic mass is 16.3. The van der Waals surface area contributed by atoms with Gasteiger partial charge in [-0.05, 0) is 99.6 Å². The van der Waals surface area contributed by atoms with Crippen LogP contribution in [0.2, 0.25) is 0 Å². The Morgan fingerprint density at radius 2 is 0.955 bits per heavy atom. The van der Waals surface area contributed by atoms with Gasteiger partial charge in [0.2, 0.25) is 0 Å². The topological polar surface area (TPSA) is 21.3 Å². The Bertz CT molecular complexity index is 3820. The van der Waals surface area contributed by atoms with E-state index in [0.29, 0.717) is 0 Å². The minimum Gasteiger partial charge on any atom is -0.455 e. The lowest BCUT2D eigenvalue weighted by atomic mass is 9.81. The van der Waals surface area contributed by atoms with Gasteiger partial charge in [0.1, 0.15) is 11.2 Å². The molecule has 0 atom stereocenters. The van der Waals surface area contributed by atoms with Crippen molar-refractivity contribution in [3.8, 4) is 50.2 Å². The number of hydrogen-bond acceptors (Lipinski definition) is 2. The second-order valence-electron chi connectivity index (χ2n) is 18.0. The smallest absolute Gasteiger partial charge is 0.145 e. The molecule has 0 spiro atoms. The zero-order valence-electron chi connectivity index (χ0n) is 36.7. The van der Waals surface area contributed by atoms with Gasteiger partial charge in [-0.2, -0.15) is 0 Å². The fraction of sp³-hybridized carbons (Fsp3) is 0.0476. The maximum Gasteiger partial charge on any atom is 0.145 e. The Labute approximate surface area is 384 Å². The normalized spacial score (nSPS) is 12.8. The summed E-state index contributed by atoms with van der Waals surface area (Å²) >= 11 is 0. The number of nitrogens with zero attached hydrogens (tertiary/aromatic N) is 2. The zero-order chi connectivity index (χ0) is 43.9. The van der Waals surface area contributed by atoms with Gasteiger partial charge in [0.15, 0.2) is 0 Å². The predicted molar refractivity (Wildman–Crippen MR) is 277 cm³/mol. The summed E-state index contributed by atoms with van der Waals surface area (Å²) in [7, 11) is 0. The molecule has 1 aliphatic carbocycles. The average molecular weight is 845 g/mol. The molecule has 0 amide bonds. The molecule has 0 radical (unpaired) electrons. The molecular formula is C63H44N2O. The molecule has 0 saturated heterocycles. The van der Waals surface area contributed by atoms with Crippen molar-refractivity contribution < 1.29 is 4.42 Å². The van der Waals surface area contributed by atoms with E-state index in [0.717, 1.165) is 72.5 Å². The van der Waals surface area contributed by atoms with E-state index in [4.69, 9.17) is 4.42 Å². The maximum absolute atomic E-state index is 7.07. The Hall–Kier alpha value is -8.40. The molecule has 2 aromatic heterocycles. The average Bonchev–Trinajstić information content (AvgIpc) is 4.00. The van der Waals surface area contributed by atoms with Crippen LogP contribution in [0, 0.1) is 0 Å². The van der Waals surface area contributed by atoms with Crippen molar-refractivity contribution in [2.45, 2.75) is 19.3 Å². The molecule has 3 heteroatoms. The van der Waals surface area contributed by atoms with Crippen molar-refractivity contribution in [2.24, 2.45) is 0 Å². The molecule has 12 aromatic rings. The van der Waals surface area contributed by atoms with Crippen molar-refractivity contribution >= 4 is 60.8 Å². The van der Waals surface area contributed by atoms with Gasteiger partial charge in [0, 0.05) is 49.3 Å². The van der Waals surface area contributed by atoms with Crippen LogP contribution in [-0.4, -0.2) is 4.57 Å². The summed E-state index contributed by atoms with van der Waals surface area (Å²) in [6.07, 6.45) is 0. The largest absolute Gasteiger partial charge is 0.455 e.